The van der Waals surface area contributed by atoms with Crippen molar-refractivity contribution in [3.05, 3.63) is 102 Å². The Morgan fingerprint density at radius 3 is 2.00 bits per heavy atom. The van der Waals surface area contributed by atoms with Gasteiger partial charge < -0.3 is 15.0 Å². The van der Waals surface area contributed by atoms with Gasteiger partial charge in [-0.05, 0) is 48.2 Å². The van der Waals surface area contributed by atoms with E-state index in [0.717, 1.165) is 78.8 Å². The molecule has 1 aliphatic rings. The van der Waals surface area contributed by atoms with Gasteiger partial charge in [-0.1, -0.05) is 84.4 Å². The lowest BCUT2D eigenvalue weighted by atomic mass is 9.95. The number of unbranched alkanes of at least 4 members (excludes halogenated alkanes) is 1. The lowest BCUT2D eigenvalue weighted by Crippen LogP contribution is -2.43. The van der Waals surface area contributed by atoms with E-state index in [9.17, 15) is 0 Å². The van der Waals surface area contributed by atoms with Crippen LogP contribution in [0.5, 0.6) is 5.75 Å². The van der Waals surface area contributed by atoms with Crippen LogP contribution >= 0.6 is 11.6 Å². The molecule has 0 radical (unpaired) electrons. The molecule has 166 valence electrons. The standard InChI is InChI=1S/C28H31ClN2O/c29-28(25-11-5-2-6-12-25)27(23-9-3-1-4-10-23)24-13-15-26(16-14-24)32-22-8-7-19-31-20-17-30-18-21-31/h1-6,9-16,30H,7-8,17-22H2/b28-27+. The van der Waals surface area contributed by atoms with Crippen molar-refractivity contribution >= 4 is 22.2 Å². The molecule has 3 aromatic carbocycles. The number of piperazine rings is 1. The summed E-state index contributed by atoms with van der Waals surface area (Å²) in [7, 11) is 0. The molecule has 0 aromatic heterocycles. The maximum Gasteiger partial charge on any atom is 0.119 e. The van der Waals surface area contributed by atoms with Crippen molar-refractivity contribution in [2.24, 2.45) is 0 Å². The highest BCUT2D eigenvalue weighted by Crippen LogP contribution is 2.35. The molecule has 3 nitrogen and oxygen atoms in total. The third-order valence-corrected chi connectivity index (χ3v) is 6.21. The van der Waals surface area contributed by atoms with E-state index in [4.69, 9.17) is 16.3 Å². The number of nitrogens with zero attached hydrogens (tertiary/aromatic N) is 1. The zero-order chi connectivity index (χ0) is 22.0. The molecule has 0 bridgehead atoms. The van der Waals surface area contributed by atoms with Crippen molar-refractivity contribution in [1.82, 2.24) is 10.2 Å². The van der Waals surface area contributed by atoms with Gasteiger partial charge in [-0.15, -0.1) is 0 Å². The predicted octanol–water partition coefficient (Wildman–Crippen LogP) is 5.91. The van der Waals surface area contributed by atoms with Crippen LogP contribution < -0.4 is 10.1 Å². The average molecular weight is 447 g/mol. The van der Waals surface area contributed by atoms with Crippen LogP contribution in [-0.4, -0.2) is 44.2 Å². The Hall–Kier alpha value is -2.59. The third kappa shape index (κ3) is 6.23. The van der Waals surface area contributed by atoms with Crippen molar-refractivity contribution < 1.29 is 4.74 Å². The van der Waals surface area contributed by atoms with Gasteiger partial charge >= 0.3 is 0 Å². The molecule has 1 heterocycles. The first-order chi connectivity index (χ1) is 15.8. The van der Waals surface area contributed by atoms with E-state index in [0.29, 0.717) is 0 Å². The minimum absolute atomic E-state index is 0.748. The monoisotopic (exact) mass is 446 g/mol. The van der Waals surface area contributed by atoms with Crippen LogP contribution in [0.4, 0.5) is 0 Å². The van der Waals surface area contributed by atoms with Crippen LogP contribution in [0, 0.1) is 0 Å². The van der Waals surface area contributed by atoms with Gasteiger partial charge in [0.2, 0.25) is 0 Å². The molecule has 4 rings (SSSR count). The highest BCUT2D eigenvalue weighted by Gasteiger charge is 2.13. The SMILES string of the molecule is Cl/C(=C(\c1ccccc1)c1ccc(OCCCCN2CCNCC2)cc1)c1ccccc1. The Balaban J connectivity index is 1.41. The Labute approximate surface area is 196 Å². The predicted molar refractivity (Wildman–Crippen MR) is 135 cm³/mol. The fourth-order valence-electron chi connectivity index (χ4n) is 4.03. The summed E-state index contributed by atoms with van der Waals surface area (Å²) in [5.74, 6) is 0.902. The van der Waals surface area contributed by atoms with Gasteiger partial charge in [-0.2, -0.15) is 0 Å². The maximum atomic E-state index is 6.90. The fraction of sp³-hybridized carbons (Fsp3) is 0.286. The van der Waals surface area contributed by atoms with E-state index in [1.807, 2.05) is 60.7 Å². The minimum atomic E-state index is 0.748. The van der Waals surface area contributed by atoms with E-state index < -0.39 is 0 Å². The Bertz CT molecular complexity index is 981. The molecule has 1 saturated heterocycles. The molecule has 0 unspecified atom stereocenters. The molecule has 0 amide bonds. The zero-order valence-electron chi connectivity index (χ0n) is 18.5. The first-order valence-corrected chi connectivity index (χ1v) is 11.9. The Morgan fingerprint density at radius 1 is 0.750 bits per heavy atom. The summed E-state index contributed by atoms with van der Waals surface area (Å²) in [4.78, 5) is 2.53. The second kappa shape index (κ2) is 11.9. The number of rotatable bonds is 9. The van der Waals surface area contributed by atoms with Gasteiger partial charge in [0.05, 0.1) is 11.6 Å². The van der Waals surface area contributed by atoms with Crippen molar-refractivity contribution in [2.75, 3.05) is 39.3 Å². The van der Waals surface area contributed by atoms with Gasteiger partial charge in [0.1, 0.15) is 5.75 Å². The largest absolute Gasteiger partial charge is 0.494 e. The second-order valence-electron chi connectivity index (χ2n) is 8.09. The molecule has 1 fully saturated rings. The van der Waals surface area contributed by atoms with Crippen LogP contribution in [0.15, 0.2) is 84.9 Å². The van der Waals surface area contributed by atoms with Crippen molar-refractivity contribution in [3.8, 4) is 5.75 Å². The number of ether oxygens (including phenoxy) is 1. The lowest BCUT2D eigenvalue weighted by Gasteiger charge is -2.26. The van der Waals surface area contributed by atoms with Crippen LogP contribution in [0.1, 0.15) is 29.5 Å². The summed E-state index contributed by atoms with van der Waals surface area (Å²) in [6.07, 6.45) is 2.24. The topological polar surface area (TPSA) is 24.5 Å². The quantitative estimate of drug-likeness (QED) is 0.327. The second-order valence-corrected chi connectivity index (χ2v) is 8.47. The van der Waals surface area contributed by atoms with Gasteiger partial charge in [0, 0.05) is 31.8 Å². The highest BCUT2D eigenvalue weighted by molar-refractivity contribution is 6.53. The average Bonchev–Trinajstić information content (AvgIpc) is 2.87. The van der Waals surface area contributed by atoms with Crippen LogP contribution in [0.3, 0.4) is 0 Å². The summed E-state index contributed by atoms with van der Waals surface area (Å²) in [5.41, 5.74) is 4.22. The summed E-state index contributed by atoms with van der Waals surface area (Å²) >= 11 is 6.90. The number of benzene rings is 3. The van der Waals surface area contributed by atoms with Gasteiger partial charge in [0.15, 0.2) is 0 Å². The van der Waals surface area contributed by atoms with Gasteiger partial charge in [-0.25, -0.2) is 0 Å². The van der Waals surface area contributed by atoms with Crippen molar-refractivity contribution in [1.29, 1.82) is 0 Å². The summed E-state index contributed by atoms with van der Waals surface area (Å²) in [6.45, 7) is 6.44. The molecule has 32 heavy (non-hydrogen) atoms. The molecule has 1 aliphatic heterocycles. The smallest absolute Gasteiger partial charge is 0.119 e. The Kier molecular flexibility index (Phi) is 8.38. The summed E-state index contributed by atoms with van der Waals surface area (Å²) in [5, 5.41) is 4.15. The van der Waals surface area contributed by atoms with E-state index >= 15 is 0 Å². The molecule has 0 saturated carbocycles. The minimum Gasteiger partial charge on any atom is -0.494 e. The van der Waals surface area contributed by atoms with Crippen molar-refractivity contribution in [3.63, 3.8) is 0 Å². The maximum absolute atomic E-state index is 6.90. The van der Waals surface area contributed by atoms with Gasteiger partial charge in [-0.3, -0.25) is 0 Å². The first-order valence-electron chi connectivity index (χ1n) is 11.5. The summed E-state index contributed by atoms with van der Waals surface area (Å²) < 4.78 is 6.00. The van der Waals surface area contributed by atoms with E-state index in [-0.39, 0.29) is 0 Å². The van der Waals surface area contributed by atoms with Crippen molar-refractivity contribution in [2.45, 2.75) is 12.8 Å². The number of nitrogens with one attached hydrogen (secondary N) is 1. The molecular formula is C28H31ClN2O. The third-order valence-electron chi connectivity index (χ3n) is 5.80. The molecule has 3 aromatic rings. The highest BCUT2D eigenvalue weighted by atomic mass is 35.5. The molecular weight excluding hydrogens is 416 g/mol. The van der Waals surface area contributed by atoms with Crippen LogP contribution in [0.25, 0.3) is 10.6 Å². The normalized spacial score (nSPS) is 15.3. The first kappa shape index (κ1) is 22.6. The number of hydrogen-bond acceptors (Lipinski definition) is 3. The van der Waals surface area contributed by atoms with E-state index in [2.05, 4.69) is 34.5 Å². The summed E-state index contributed by atoms with van der Waals surface area (Å²) in [6, 6.07) is 28.7. The zero-order valence-corrected chi connectivity index (χ0v) is 19.2. The molecule has 0 aliphatic carbocycles. The fourth-order valence-corrected chi connectivity index (χ4v) is 4.38. The van der Waals surface area contributed by atoms with E-state index in [1.165, 1.54) is 6.42 Å². The molecule has 1 N–H and O–H groups in total. The van der Waals surface area contributed by atoms with Gasteiger partial charge in [0.25, 0.3) is 0 Å². The lowest BCUT2D eigenvalue weighted by molar-refractivity contribution is 0.226. The molecule has 0 atom stereocenters. The Morgan fingerprint density at radius 2 is 1.34 bits per heavy atom. The molecule has 0 spiro atoms. The molecule has 4 heteroatoms. The van der Waals surface area contributed by atoms with Crippen LogP contribution in [-0.2, 0) is 0 Å². The van der Waals surface area contributed by atoms with Crippen LogP contribution in [0.2, 0.25) is 0 Å². The van der Waals surface area contributed by atoms with E-state index in [1.54, 1.807) is 0 Å². The number of hydrogen-bond donors (Lipinski definition) is 1. The number of halogens is 1.